The van der Waals surface area contributed by atoms with Crippen LogP contribution in [-0.2, 0) is 14.9 Å². The van der Waals surface area contributed by atoms with Gasteiger partial charge < -0.3 is 4.74 Å². The highest BCUT2D eigenvalue weighted by molar-refractivity contribution is 5.69. The second-order valence-corrected chi connectivity index (χ2v) is 6.38. The van der Waals surface area contributed by atoms with Gasteiger partial charge in [-0.3, -0.25) is 4.79 Å². The highest BCUT2D eigenvalue weighted by Crippen LogP contribution is 2.52. The Hall–Kier alpha value is -2.09. The molecule has 2 heteroatoms. The van der Waals surface area contributed by atoms with Crippen molar-refractivity contribution in [2.45, 2.75) is 44.4 Å². The monoisotopic (exact) mass is 308 g/mol. The van der Waals surface area contributed by atoms with Crippen molar-refractivity contribution in [2.24, 2.45) is 0 Å². The standard InChI is InChI=1S/C21H24O2/c1-2-23-20(22)9-6-14-21(15-16-21)19-12-10-18(11-13-19)17-7-4-3-5-8-17/h3-5,7-8,10-13H,2,6,9,14-16H2,1H3. The molecule has 23 heavy (non-hydrogen) atoms. The second-order valence-electron chi connectivity index (χ2n) is 6.38. The maximum absolute atomic E-state index is 11.5. The van der Waals surface area contributed by atoms with Crippen molar-refractivity contribution in [3.63, 3.8) is 0 Å². The van der Waals surface area contributed by atoms with Gasteiger partial charge in [-0.2, -0.15) is 0 Å². The summed E-state index contributed by atoms with van der Waals surface area (Å²) in [6.07, 6.45) is 5.01. The number of benzene rings is 2. The van der Waals surface area contributed by atoms with E-state index in [1.165, 1.54) is 29.5 Å². The first kappa shape index (κ1) is 15.8. The van der Waals surface area contributed by atoms with Crippen LogP contribution in [-0.4, -0.2) is 12.6 Å². The van der Waals surface area contributed by atoms with Crippen molar-refractivity contribution in [1.29, 1.82) is 0 Å². The van der Waals surface area contributed by atoms with Crippen molar-refractivity contribution in [2.75, 3.05) is 6.61 Å². The van der Waals surface area contributed by atoms with Gasteiger partial charge in [0, 0.05) is 6.42 Å². The van der Waals surface area contributed by atoms with Gasteiger partial charge >= 0.3 is 5.97 Å². The molecule has 1 fully saturated rings. The highest BCUT2D eigenvalue weighted by Gasteiger charge is 2.43. The molecular formula is C21H24O2. The van der Waals surface area contributed by atoms with Crippen LogP contribution in [0.5, 0.6) is 0 Å². The van der Waals surface area contributed by atoms with Crippen molar-refractivity contribution in [1.82, 2.24) is 0 Å². The summed E-state index contributed by atoms with van der Waals surface area (Å²) in [5, 5.41) is 0. The maximum atomic E-state index is 11.5. The Morgan fingerprint density at radius 1 is 1.00 bits per heavy atom. The van der Waals surface area contributed by atoms with E-state index in [9.17, 15) is 4.79 Å². The lowest BCUT2D eigenvalue weighted by molar-refractivity contribution is -0.143. The molecule has 0 bridgehead atoms. The minimum absolute atomic E-state index is 0.0669. The minimum Gasteiger partial charge on any atom is -0.466 e. The van der Waals surface area contributed by atoms with Crippen LogP contribution in [0.4, 0.5) is 0 Å². The molecule has 3 rings (SSSR count). The van der Waals surface area contributed by atoms with Gasteiger partial charge in [-0.25, -0.2) is 0 Å². The predicted molar refractivity (Wildman–Crippen MR) is 93.3 cm³/mol. The van der Waals surface area contributed by atoms with E-state index in [1.54, 1.807) is 0 Å². The Balaban J connectivity index is 1.61. The van der Waals surface area contributed by atoms with Gasteiger partial charge in [-0.05, 0) is 54.7 Å². The molecule has 0 aliphatic heterocycles. The third-order valence-corrected chi connectivity index (χ3v) is 4.80. The summed E-state index contributed by atoms with van der Waals surface area (Å²) in [7, 11) is 0. The number of rotatable bonds is 7. The van der Waals surface area contributed by atoms with Crippen molar-refractivity contribution in [3.05, 3.63) is 60.2 Å². The number of hydrogen-bond acceptors (Lipinski definition) is 2. The molecule has 2 aromatic carbocycles. The normalized spacial score (nSPS) is 15.2. The first-order valence-electron chi connectivity index (χ1n) is 8.55. The van der Waals surface area contributed by atoms with Gasteiger partial charge in [-0.1, -0.05) is 54.6 Å². The highest BCUT2D eigenvalue weighted by atomic mass is 16.5. The summed E-state index contributed by atoms with van der Waals surface area (Å²) in [6, 6.07) is 19.4. The van der Waals surface area contributed by atoms with Crippen molar-refractivity contribution >= 4 is 5.97 Å². The average molecular weight is 308 g/mol. The van der Waals surface area contributed by atoms with Gasteiger partial charge in [0.2, 0.25) is 0 Å². The molecule has 0 heterocycles. The maximum Gasteiger partial charge on any atom is 0.305 e. The summed E-state index contributed by atoms with van der Waals surface area (Å²) in [4.78, 5) is 11.5. The van der Waals surface area contributed by atoms with Gasteiger partial charge in [-0.15, -0.1) is 0 Å². The SMILES string of the molecule is CCOC(=O)CCCC1(c2ccc(-c3ccccc3)cc2)CC1. The fourth-order valence-electron chi connectivity index (χ4n) is 3.29. The van der Waals surface area contributed by atoms with E-state index in [1.807, 2.05) is 13.0 Å². The zero-order chi connectivity index (χ0) is 16.1. The topological polar surface area (TPSA) is 26.3 Å². The molecule has 0 atom stereocenters. The molecule has 0 saturated heterocycles. The Morgan fingerprint density at radius 2 is 1.65 bits per heavy atom. The first-order valence-corrected chi connectivity index (χ1v) is 8.55. The Bertz CT molecular complexity index is 639. The number of carbonyl (C=O) groups excluding carboxylic acids is 1. The van der Waals surface area contributed by atoms with E-state index in [4.69, 9.17) is 4.74 Å². The van der Waals surface area contributed by atoms with Crippen LogP contribution in [0.15, 0.2) is 54.6 Å². The van der Waals surface area contributed by atoms with Gasteiger partial charge in [0.05, 0.1) is 6.61 Å². The Kier molecular flexibility index (Phi) is 4.80. The van der Waals surface area contributed by atoms with E-state index in [0.717, 1.165) is 12.8 Å². The van der Waals surface area contributed by atoms with Crippen LogP contribution in [0.25, 0.3) is 11.1 Å². The zero-order valence-corrected chi connectivity index (χ0v) is 13.8. The first-order chi connectivity index (χ1) is 11.2. The molecule has 0 unspecified atom stereocenters. The molecule has 120 valence electrons. The van der Waals surface area contributed by atoms with Gasteiger partial charge in [0.15, 0.2) is 0 Å². The number of carbonyl (C=O) groups is 1. The molecule has 0 N–H and O–H groups in total. The lowest BCUT2D eigenvalue weighted by atomic mass is 9.89. The van der Waals surface area contributed by atoms with Crippen LogP contribution < -0.4 is 0 Å². The third kappa shape index (κ3) is 3.82. The number of esters is 1. The molecular weight excluding hydrogens is 284 g/mol. The second kappa shape index (κ2) is 6.99. The number of ether oxygens (including phenoxy) is 1. The van der Waals surface area contributed by atoms with E-state index < -0.39 is 0 Å². The van der Waals surface area contributed by atoms with Crippen molar-refractivity contribution < 1.29 is 9.53 Å². The van der Waals surface area contributed by atoms with Crippen LogP contribution >= 0.6 is 0 Å². The van der Waals surface area contributed by atoms with Crippen LogP contribution in [0.1, 0.15) is 44.6 Å². The molecule has 2 aromatic rings. The fourth-order valence-corrected chi connectivity index (χ4v) is 3.29. The van der Waals surface area contributed by atoms with Crippen molar-refractivity contribution in [3.8, 4) is 11.1 Å². The smallest absolute Gasteiger partial charge is 0.305 e. The molecule has 0 aromatic heterocycles. The lowest BCUT2D eigenvalue weighted by Gasteiger charge is -2.16. The predicted octanol–water partition coefficient (Wildman–Crippen LogP) is 5.12. The Morgan fingerprint density at radius 3 is 2.26 bits per heavy atom. The molecule has 1 saturated carbocycles. The van der Waals surface area contributed by atoms with Gasteiger partial charge in [0.1, 0.15) is 0 Å². The Labute approximate surface area is 138 Å². The summed E-state index contributed by atoms with van der Waals surface area (Å²) in [6.45, 7) is 2.33. The summed E-state index contributed by atoms with van der Waals surface area (Å²) < 4.78 is 5.01. The summed E-state index contributed by atoms with van der Waals surface area (Å²) in [5.74, 6) is -0.0669. The average Bonchev–Trinajstić information content (AvgIpc) is 3.37. The number of hydrogen-bond donors (Lipinski definition) is 0. The molecule has 1 aliphatic carbocycles. The fraction of sp³-hybridized carbons (Fsp3) is 0.381. The van der Waals surface area contributed by atoms with E-state index in [2.05, 4.69) is 48.5 Å². The van der Waals surface area contributed by atoms with E-state index in [0.29, 0.717) is 18.4 Å². The van der Waals surface area contributed by atoms with Crippen LogP contribution in [0.2, 0.25) is 0 Å². The van der Waals surface area contributed by atoms with E-state index >= 15 is 0 Å². The molecule has 0 spiro atoms. The summed E-state index contributed by atoms with van der Waals surface area (Å²) >= 11 is 0. The molecule has 0 radical (unpaired) electrons. The lowest BCUT2D eigenvalue weighted by Crippen LogP contribution is -2.09. The molecule has 1 aliphatic rings. The quantitative estimate of drug-likeness (QED) is 0.664. The van der Waals surface area contributed by atoms with E-state index in [-0.39, 0.29) is 5.97 Å². The van der Waals surface area contributed by atoms with Gasteiger partial charge in [0.25, 0.3) is 0 Å². The third-order valence-electron chi connectivity index (χ3n) is 4.80. The summed E-state index contributed by atoms with van der Waals surface area (Å²) in [5.41, 5.74) is 4.24. The molecule has 0 amide bonds. The largest absolute Gasteiger partial charge is 0.466 e. The minimum atomic E-state index is -0.0669. The van der Waals surface area contributed by atoms with Crippen LogP contribution in [0, 0.1) is 0 Å². The van der Waals surface area contributed by atoms with Crippen LogP contribution in [0.3, 0.4) is 0 Å². The zero-order valence-electron chi connectivity index (χ0n) is 13.8. The molecule has 2 nitrogen and oxygen atoms in total.